The lowest BCUT2D eigenvalue weighted by Gasteiger charge is -2.39. The minimum absolute atomic E-state index is 0.0361. The zero-order valence-corrected chi connectivity index (χ0v) is 17.2. The molecule has 0 spiro atoms. The fraction of sp³-hybridized carbons (Fsp3) is 0.412. The summed E-state index contributed by atoms with van der Waals surface area (Å²) in [5.41, 5.74) is -0.984. The molecule has 1 nitrogen and oxygen atoms in total. The van der Waals surface area contributed by atoms with Crippen molar-refractivity contribution in [1.82, 2.24) is 0 Å². The summed E-state index contributed by atoms with van der Waals surface area (Å²) in [6, 6.07) is 6.55. The molecular weight excluding hydrogens is 594 g/mol. The number of furan rings is 1. The molecule has 0 aliphatic carbocycles. The van der Waals surface area contributed by atoms with E-state index in [1.54, 1.807) is 0 Å². The zero-order chi connectivity index (χ0) is 25.1. The van der Waals surface area contributed by atoms with Crippen LogP contribution in [-0.4, -0.2) is 29.9 Å². The van der Waals surface area contributed by atoms with E-state index in [-0.39, 0.29) is 9.13 Å². The van der Waals surface area contributed by atoms with Crippen LogP contribution in [0.2, 0.25) is 0 Å². The third kappa shape index (κ3) is 3.54. The second-order valence-electron chi connectivity index (χ2n) is 6.44. The van der Waals surface area contributed by atoms with Crippen LogP contribution >= 0.6 is 22.6 Å². The van der Waals surface area contributed by atoms with E-state index in [0.717, 1.165) is 0 Å². The van der Waals surface area contributed by atoms with Gasteiger partial charge in [0.05, 0.1) is 3.57 Å². The fourth-order valence-corrected chi connectivity index (χ4v) is 3.15. The van der Waals surface area contributed by atoms with Crippen LogP contribution in [0.1, 0.15) is 11.3 Å². The van der Waals surface area contributed by atoms with E-state index in [9.17, 15) is 57.1 Å². The van der Waals surface area contributed by atoms with Crippen LogP contribution in [0.25, 0.3) is 11.3 Å². The van der Waals surface area contributed by atoms with Crippen molar-refractivity contribution < 1.29 is 61.5 Å². The number of hydrogen-bond acceptors (Lipinski definition) is 1. The normalized spacial score (nSPS) is 14.7. The Morgan fingerprint density at radius 2 is 1.09 bits per heavy atom. The minimum atomic E-state index is -7.96. The van der Waals surface area contributed by atoms with Crippen LogP contribution in [0.15, 0.2) is 34.7 Å². The first-order chi connectivity index (χ1) is 14.2. The molecule has 0 radical (unpaired) electrons. The van der Waals surface area contributed by atoms with Gasteiger partial charge >= 0.3 is 35.8 Å². The summed E-state index contributed by atoms with van der Waals surface area (Å²) < 4.78 is 178. The Balaban J connectivity index is 2.68. The van der Waals surface area contributed by atoms with Crippen molar-refractivity contribution in [1.29, 1.82) is 0 Å². The van der Waals surface area contributed by atoms with Gasteiger partial charge in [-0.05, 0) is 29.5 Å². The first kappa shape index (κ1) is 26.6. The molecule has 1 aromatic carbocycles. The number of rotatable bonds is 6. The van der Waals surface area contributed by atoms with E-state index in [1.165, 1.54) is 52.9 Å². The highest BCUT2D eigenvalue weighted by Gasteiger charge is 2.91. The Bertz CT molecular complexity index is 976. The van der Waals surface area contributed by atoms with Gasteiger partial charge in [-0.25, -0.2) is 0 Å². The molecular formula is C17H8F13IO. The molecule has 32 heavy (non-hydrogen) atoms. The Hall–Kier alpha value is -1.68. The molecule has 2 aromatic rings. The van der Waals surface area contributed by atoms with Gasteiger partial charge < -0.3 is 4.42 Å². The highest BCUT2D eigenvalue weighted by molar-refractivity contribution is 14.1. The molecule has 1 aromatic heterocycles. The van der Waals surface area contributed by atoms with Crippen molar-refractivity contribution in [2.24, 2.45) is 0 Å². The van der Waals surface area contributed by atoms with Gasteiger partial charge in [-0.3, -0.25) is 0 Å². The van der Waals surface area contributed by atoms with E-state index < -0.39 is 52.9 Å². The lowest BCUT2D eigenvalue weighted by Crippen LogP contribution is -2.69. The van der Waals surface area contributed by atoms with Crippen LogP contribution in [0.4, 0.5) is 57.1 Å². The van der Waals surface area contributed by atoms with E-state index in [4.69, 9.17) is 0 Å². The number of hydrogen-bond donors (Lipinski definition) is 0. The summed E-state index contributed by atoms with van der Waals surface area (Å²) >= 11 is 1.28. The molecule has 0 unspecified atom stereocenters. The Kier molecular flexibility index (Phi) is 6.38. The lowest BCUT2D eigenvalue weighted by molar-refractivity contribution is -0.442. The summed E-state index contributed by atoms with van der Waals surface area (Å²) in [7, 11) is 0. The molecule has 2 rings (SSSR count). The maximum atomic E-state index is 14.4. The molecule has 180 valence electrons. The number of benzene rings is 1. The molecule has 0 N–H and O–H groups in total. The van der Waals surface area contributed by atoms with Crippen LogP contribution < -0.4 is 0 Å². The molecule has 0 saturated carbocycles. The topological polar surface area (TPSA) is 13.1 Å². The first-order valence-corrected chi connectivity index (χ1v) is 9.04. The number of alkyl halides is 13. The van der Waals surface area contributed by atoms with Crippen LogP contribution in [0.3, 0.4) is 0 Å². The smallest absolute Gasteiger partial charge is 0.453 e. The molecule has 15 heteroatoms. The van der Waals surface area contributed by atoms with E-state index >= 15 is 0 Å². The highest BCUT2D eigenvalue weighted by Crippen LogP contribution is 2.62. The molecule has 1 heterocycles. The third-order valence-electron chi connectivity index (χ3n) is 4.33. The molecule has 0 aliphatic rings. The first-order valence-electron chi connectivity index (χ1n) is 7.96. The van der Waals surface area contributed by atoms with Crippen LogP contribution in [0, 0.1) is 10.5 Å². The second kappa shape index (κ2) is 7.68. The van der Waals surface area contributed by atoms with Crippen LogP contribution in [-0.2, 0) is 5.92 Å². The second-order valence-corrected chi connectivity index (χ2v) is 7.51. The fourth-order valence-electron chi connectivity index (χ4n) is 2.48. The van der Waals surface area contributed by atoms with E-state index in [2.05, 4.69) is 4.42 Å². The van der Waals surface area contributed by atoms with Crippen molar-refractivity contribution in [3.63, 3.8) is 0 Å². The van der Waals surface area contributed by atoms with Gasteiger partial charge in [0.25, 0.3) is 0 Å². The van der Waals surface area contributed by atoms with Gasteiger partial charge in [-0.1, -0.05) is 30.3 Å². The minimum Gasteiger partial charge on any atom is -0.453 e. The summed E-state index contributed by atoms with van der Waals surface area (Å²) in [5.74, 6) is -40.4. The molecule has 0 atom stereocenters. The SMILES string of the molecule is Cc1c(C(F)(F)C(F)(F)C(F)(F)C(F)(F)C(F)(F)C(F)(F)F)oc(-c2ccccc2)c1I. The Labute approximate surface area is 183 Å². The lowest BCUT2D eigenvalue weighted by atomic mass is 9.92. The molecule has 0 fully saturated rings. The zero-order valence-electron chi connectivity index (χ0n) is 15.1. The summed E-state index contributed by atoms with van der Waals surface area (Å²) in [4.78, 5) is 0. The monoisotopic (exact) mass is 602 g/mol. The van der Waals surface area contributed by atoms with Crippen LogP contribution in [0.5, 0.6) is 0 Å². The van der Waals surface area contributed by atoms with Gasteiger partial charge in [0.1, 0.15) is 5.76 Å². The predicted molar refractivity (Wildman–Crippen MR) is 91.3 cm³/mol. The number of halogens is 14. The Morgan fingerprint density at radius 1 is 0.656 bits per heavy atom. The van der Waals surface area contributed by atoms with Gasteiger partial charge in [-0.15, -0.1) is 0 Å². The van der Waals surface area contributed by atoms with E-state index in [0.29, 0.717) is 6.92 Å². The largest absolute Gasteiger partial charge is 0.460 e. The average molecular weight is 602 g/mol. The van der Waals surface area contributed by atoms with Crippen molar-refractivity contribution in [2.45, 2.75) is 42.7 Å². The molecule has 0 amide bonds. The summed E-state index contributed by atoms with van der Waals surface area (Å²) in [5, 5.41) is 0. The van der Waals surface area contributed by atoms with Crippen molar-refractivity contribution in [3.8, 4) is 11.3 Å². The van der Waals surface area contributed by atoms with Gasteiger partial charge in [-0.2, -0.15) is 57.1 Å². The standard InChI is InChI=1S/C17H8F13IO/c1-7-9(31)10(8-5-3-2-4-6-8)32-11(7)12(18,19)13(20,21)14(22,23)15(24,25)16(26,27)17(28,29)30/h2-6H,1H3. The van der Waals surface area contributed by atoms with E-state index in [1.807, 2.05) is 0 Å². The van der Waals surface area contributed by atoms with Crippen molar-refractivity contribution >= 4 is 22.6 Å². The quantitative estimate of drug-likeness (QED) is 0.241. The highest BCUT2D eigenvalue weighted by atomic mass is 127. The van der Waals surface area contributed by atoms with Gasteiger partial charge in [0.15, 0.2) is 5.76 Å². The molecule has 0 aliphatic heterocycles. The average Bonchev–Trinajstić information content (AvgIpc) is 2.96. The predicted octanol–water partition coefficient (Wildman–Crippen LogP) is 8.05. The molecule has 0 bridgehead atoms. The van der Waals surface area contributed by atoms with Gasteiger partial charge in [0.2, 0.25) is 0 Å². The maximum Gasteiger partial charge on any atom is 0.460 e. The summed E-state index contributed by atoms with van der Waals surface area (Å²) in [6.07, 6.45) is -7.46. The summed E-state index contributed by atoms with van der Waals surface area (Å²) in [6.45, 7) is 0.650. The van der Waals surface area contributed by atoms with Crippen molar-refractivity contribution in [2.75, 3.05) is 0 Å². The maximum absolute atomic E-state index is 14.4. The Morgan fingerprint density at radius 3 is 1.53 bits per heavy atom. The van der Waals surface area contributed by atoms with Gasteiger partial charge in [0, 0.05) is 11.1 Å². The van der Waals surface area contributed by atoms with Crippen molar-refractivity contribution in [3.05, 3.63) is 45.2 Å². The molecule has 0 saturated heterocycles. The third-order valence-corrected chi connectivity index (χ3v) is 5.63.